The fourth-order valence-corrected chi connectivity index (χ4v) is 4.10. The van der Waals surface area contributed by atoms with Crippen molar-refractivity contribution in [3.8, 4) is 0 Å². The molecule has 0 bridgehead atoms. The van der Waals surface area contributed by atoms with Crippen molar-refractivity contribution in [2.24, 2.45) is 5.73 Å². The van der Waals surface area contributed by atoms with Crippen molar-refractivity contribution < 1.29 is 9.90 Å². The Hall–Kier alpha value is -2.06. The summed E-state index contributed by atoms with van der Waals surface area (Å²) in [5, 5.41) is 15.1. The highest BCUT2D eigenvalue weighted by atomic mass is 32.1. The number of carbonyl (C=O) groups excluding carboxylic acids is 1. The molecule has 1 aromatic carbocycles. The number of benzene rings is 1. The van der Waals surface area contributed by atoms with Crippen LogP contribution in [0.25, 0.3) is 0 Å². The van der Waals surface area contributed by atoms with Crippen molar-refractivity contribution >= 4 is 28.6 Å². The molecule has 1 amide bonds. The standard InChI is InChI=1S/C19H21N3O2S2/c20-9-8-18-21-15(13-26-18)19(24)22(11-14-5-2-1-3-6-14)12-16(23)17-7-4-10-25-17/h1-7,10,13,16,23H,8-9,11-12,20H2. The first-order chi connectivity index (χ1) is 12.7. The van der Waals surface area contributed by atoms with Crippen molar-refractivity contribution in [2.75, 3.05) is 13.1 Å². The number of hydrogen-bond acceptors (Lipinski definition) is 6. The van der Waals surface area contributed by atoms with Gasteiger partial charge in [-0.25, -0.2) is 4.98 Å². The number of aliphatic hydroxyl groups is 1. The summed E-state index contributed by atoms with van der Waals surface area (Å²) in [6.45, 7) is 1.15. The number of hydrogen-bond donors (Lipinski definition) is 2. The van der Waals surface area contributed by atoms with Crippen LogP contribution < -0.4 is 5.73 Å². The molecule has 2 aromatic heterocycles. The maximum atomic E-state index is 13.0. The van der Waals surface area contributed by atoms with Gasteiger partial charge in [-0.1, -0.05) is 36.4 Å². The van der Waals surface area contributed by atoms with Crippen LogP contribution in [0.4, 0.5) is 0 Å². The number of carbonyl (C=O) groups is 1. The third-order valence-electron chi connectivity index (χ3n) is 3.90. The van der Waals surface area contributed by atoms with Crippen molar-refractivity contribution in [2.45, 2.75) is 19.1 Å². The third-order valence-corrected chi connectivity index (χ3v) is 5.78. The molecule has 0 fully saturated rings. The van der Waals surface area contributed by atoms with Crippen molar-refractivity contribution in [3.63, 3.8) is 0 Å². The van der Waals surface area contributed by atoms with E-state index < -0.39 is 6.10 Å². The van der Waals surface area contributed by atoms with Crippen LogP contribution in [0.1, 0.15) is 32.0 Å². The van der Waals surface area contributed by atoms with Gasteiger partial charge < -0.3 is 15.7 Å². The Morgan fingerprint density at radius 2 is 2.00 bits per heavy atom. The van der Waals surface area contributed by atoms with Crippen LogP contribution in [0.2, 0.25) is 0 Å². The monoisotopic (exact) mass is 387 g/mol. The molecule has 0 saturated carbocycles. The van der Waals surface area contributed by atoms with Gasteiger partial charge in [0.1, 0.15) is 11.8 Å². The van der Waals surface area contributed by atoms with Crippen LogP contribution in [0.5, 0.6) is 0 Å². The number of thiophene rings is 1. The summed E-state index contributed by atoms with van der Waals surface area (Å²) in [7, 11) is 0. The highest BCUT2D eigenvalue weighted by Gasteiger charge is 2.23. The van der Waals surface area contributed by atoms with Crippen molar-refractivity contribution in [1.29, 1.82) is 0 Å². The quantitative estimate of drug-likeness (QED) is 0.622. The predicted molar refractivity (Wildman–Crippen MR) is 105 cm³/mol. The maximum absolute atomic E-state index is 13.0. The number of thiazole rings is 1. The lowest BCUT2D eigenvalue weighted by atomic mass is 10.2. The normalized spacial score (nSPS) is 12.1. The van der Waals surface area contributed by atoms with Gasteiger partial charge in [-0.05, 0) is 23.6 Å². The molecule has 5 nitrogen and oxygen atoms in total. The van der Waals surface area contributed by atoms with E-state index in [0.29, 0.717) is 25.2 Å². The fourth-order valence-electron chi connectivity index (χ4n) is 2.61. The average molecular weight is 388 g/mol. The highest BCUT2D eigenvalue weighted by Crippen LogP contribution is 2.22. The van der Waals surface area contributed by atoms with E-state index >= 15 is 0 Å². The van der Waals surface area contributed by atoms with Crippen molar-refractivity contribution in [3.05, 3.63) is 74.4 Å². The van der Waals surface area contributed by atoms with Gasteiger partial charge >= 0.3 is 0 Å². The fraction of sp³-hybridized carbons (Fsp3) is 0.263. The minimum atomic E-state index is -0.718. The molecule has 0 aliphatic heterocycles. The second kappa shape index (κ2) is 9.05. The SMILES string of the molecule is NCCc1nc(C(=O)N(Cc2ccccc2)CC(O)c2cccs2)cs1. The van der Waals surface area contributed by atoms with E-state index in [4.69, 9.17) is 5.73 Å². The van der Waals surface area contributed by atoms with Gasteiger partial charge in [0.25, 0.3) is 5.91 Å². The summed E-state index contributed by atoms with van der Waals surface area (Å²) in [5.41, 5.74) is 6.99. The summed E-state index contributed by atoms with van der Waals surface area (Å²) in [6, 6.07) is 13.5. The Bertz CT molecular complexity index is 818. The molecule has 1 atom stereocenters. The third kappa shape index (κ3) is 4.76. The zero-order chi connectivity index (χ0) is 18.4. The lowest BCUT2D eigenvalue weighted by molar-refractivity contribution is 0.0604. The number of aromatic nitrogens is 1. The molecule has 3 aromatic rings. The van der Waals surface area contributed by atoms with E-state index in [1.807, 2.05) is 47.8 Å². The molecule has 0 radical (unpaired) electrons. The molecule has 2 heterocycles. The number of nitrogens with two attached hydrogens (primary N) is 1. The van der Waals surface area contributed by atoms with Gasteiger partial charge in [0, 0.05) is 23.2 Å². The van der Waals surface area contributed by atoms with E-state index in [1.54, 1.807) is 10.3 Å². The first kappa shape index (κ1) is 18.7. The summed E-state index contributed by atoms with van der Waals surface area (Å²) in [5.74, 6) is -0.177. The Labute approximate surface area is 160 Å². The zero-order valence-corrected chi connectivity index (χ0v) is 15.9. The lowest BCUT2D eigenvalue weighted by Crippen LogP contribution is -2.34. The number of aliphatic hydroxyl groups excluding tert-OH is 1. The van der Waals surface area contributed by atoms with Gasteiger partial charge in [0.05, 0.1) is 11.6 Å². The van der Waals surface area contributed by atoms with Crippen LogP contribution in [0.3, 0.4) is 0 Å². The van der Waals surface area contributed by atoms with E-state index in [1.165, 1.54) is 22.7 Å². The smallest absolute Gasteiger partial charge is 0.273 e. The number of amides is 1. The van der Waals surface area contributed by atoms with Gasteiger partial charge in [0.2, 0.25) is 0 Å². The van der Waals surface area contributed by atoms with Gasteiger partial charge in [-0.2, -0.15) is 0 Å². The van der Waals surface area contributed by atoms with Crippen LogP contribution in [0.15, 0.2) is 53.2 Å². The summed E-state index contributed by atoms with van der Waals surface area (Å²) in [6.07, 6.45) is -0.0566. The summed E-state index contributed by atoms with van der Waals surface area (Å²) < 4.78 is 0. The van der Waals surface area contributed by atoms with Gasteiger partial charge in [0.15, 0.2) is 0 Å². The maximum Gasteiger partial charge on any atom is 0.273 e. The van der Waals surface area contributed by atoms with E-state index in [0.717, 1.165) is 15.4 Å². The molecular formula is C19H21N3O2S2. The molecule has 0 spiro atoms. The first-order valence-corrected chi connectivity index (χ1v) is 10.1. The molecule has 0 aliphatic carbocycles. The van der Waals surface area contributed by atoms with Gasteiger partial charge in [-0.3, -0.25) is 4.79 Å². The molecule has 1 unspecified atom stereocenters. The molecule has 26 heavy (non-hydrogen) atoms. The predicted octanol–water partition coefficient (Wildman–Crippen LogP) is 3.08. The van der Waals surface area contributed by atoms with Crippen LogP contribution in [0, 0.1) is 0 Å². The Balaban J connectivity index is 1.79. The minimum absolute atomic E-state index is 0.177. The zero-order valence-electron chi connectivity index (χ0n) is 14.2. The highest BCUT2D eigenvalue weighted by molar-refractivity contribution is 7.10. The Morgan fingerprint density at radius 1 is 1.19 bits per heavy atom. The topological polar surface area (TPSA) is 79.5 Å². The molecule has 3 N–H and O–H groups in total. The average Bonchev–Trinajstić information content (AvgIpc) is 3.34. The molecule has 7 heteroatoms. The summed E-state index contributed by atoms with van der Waals surface area (Å²) >= 11 is 2.93. The van der Waals surface area contributed by atoms with E-state index in [9.17, 15) is 9.90 Å². The number of rotatable bonds is 8. The van der Waals surface area contributed by atoms with Crippen LogP contribution in [-0.4, -0.2) is 34.0 Å². The molecular weight excluding hydrogens is 366 g/mol. The molecule has 3 rings (SSSR count). The number of nitrogens with zero attached hydrogens (tertiary/aromatic N) is 2. The largest absolute Gasteiger partial charge is 0.386 e. The second-order valence-corrected chi connectivity index (χ2v) is 7.79. The molecule has 0 aliphatic rings. The van der Waals surface area contributed by atoms with Crippen LogP contribution >= 0.6 is 22.7 Å². The molecule has 0 saturated heterocycles. The minimum Gasteiger partial charge on any atom is -0.386 e. The second-order valence-electron chi connectivity index (χ2n) is 5.87. The first-order valence-electron chi connectivity index (χ1n) is 8.36. The van der Waals surface area contributed by atoms with Crippen molar-refractivity contribution in [1.82, 2.24) is 9.88 Å². The van der Waals surface area contributed by atoms with Gasteiger partial charge in [-0.15, -0.1) is 22.7 Å². The molecule has 136 valence electrons. The Kier molecular flexibility index (Phi) is 6.51. The van der Waals surface area contributed by atoms with E-state index in [-0.39, 0.29) is 12.5 Å². The summed E-state index contributed by atoms with van der Waals surface area (Å²) in [4.78, 5) is 19.9. The van der Waals surface area contributed by atoms with Crippen LogP contribution in [-0.2, 0) is 13.0 Å². The Morgan fingerprint density at radius 3 is 2.69 bits per heavy atom. The van der Waals surface area contributed by atoms with E-state index in [2.05, 4.69) is 4.98 Å². The lowest BCUT2D eigenvalue weighted by Gasteiger charge is -2.24.